The van der Waals surface area contributed by atoms with E-state index in [2.05, 4.69) is 44.3 Å². The topological polar surface area (TPSA) is 41.5 Å². The van der Waals surface area contributed by atoms with Crippen LogP contribution in [0, 0.1) is 13.8 Å². The Bertz CT molecular complexity index is 352. The number of aliphatic hydroxyl groups is 1. The van der Waals surface area contributed by atoms with Gasteiger partial charge in [-0.3, -0.25) is 0 Å². The van der Waals surface area contributed by atoms with E-state index >= 15 is 0 Å². The fourth-order valence-electron chi connectivity index (χ4n) is 1.84. The Kier molecular flexibility index (Phi) is 5.62. The molecular weight excluding hydrogens is 214 g/mol. The Morgan fingerprint density at radius 3 is 2.53 bits per heavy atom. The Labute approximate surface area is 104 Å². The van der Waals surface area contributed by atoms with Gasteiger partial charge in [-0.1, -0.05) is 18.2 Å². The van der Waals surface area contributed by atoms with Gasteiger partial charge in [-0.2, -0.15) is 0 Å². The highest BCUT2D eigenvalue weighted by molar-refractivity contribution is 5.31. The lowest BCUT2D eigenvalue weighted by Crippen LogP contribution is -2.38. The zero-order valence-corrected chi connectivity index (χ0v) is 11.2. The van der Waals surface area contributed by atoms with Gasteiger partial charge in [0.2, 0.25) is 0 Å². The zero-order valence-electron chi connectivity index (χ0n) is 11.2. The van der Waals surface area contributed by atoms with Gasteiger partial charge >= 0.3 is 0 Å². The van der Waals surface area contributed by atoms with Crippen LogP contribution in [-0.4, -0.2) is 31.5 Å². The van der Waals surface area contributed by atoms with Crippen molar-refractivity contribution in [3.63, 3.8) is 0 Å². The van der Waals surface area contributed by atoms with E-state index < -0.39 is 0 Å². The molecule has 0 aliphatic carbocycles. The van der Waals surface area contributed by atoms with Gasteiger partial charge in [0.05, 0.1) is 19.3 Å². The van der Waals surface area contributed by atoms with Crippen molar-refractivity contribution in [2.75, 3.05) is 20.3 Å². The van der Waals surface area contributed by atoms with Crippen molar-refractivity contribution in [2.24, 2.45) is 0 Å². The van der Waals surface area contributed by atoms with Crippen LogP contribution < -0.4 is 5.32 Å². The van der Waals surface area contributed by atoms with Gasteiger partial charge in [0.15, 0.2) is 0 Å². The van der Waals surface area contributed by atoms with E-state index in [0.717, 1.165) is 0 Å². The molecule has 2 N–H and O–H groups in total. The van der Waals surface area contributed by atoms with Crippen LogP contribution >= 0.6 is 0 Å². The first-order valence-corrected chi connectivity index (χ1v) is 6.01. The lowest BCUT2D eigenvalue weighted by molar-refractivity contribution is 0.123. The van der Waals surface area contributed by atoms with Crippen LogP contribution in [0.1, 0.15) is 29.7 Å². The number of methoxy groups -OCH3 is 1. The molecular formula is C14H23NO2. The summed E-state index contributed by atoms with van der Waals surface area (Å²) in [5, 5.41) is 12.6. The van der Waals surface area contributed by atoms with Gasteiger partial charge < -0.3 is 15.2 Å². The average Bonchev–Trinajstić information content (AvgIpc) is 2.31. The molecule has 0 aliphatic heterocycles. The second kappa shape index (κ2) is 6.74. The minimum Gasteiger partial charge on any atom is -0.395 e. The van der Waals surface area contributed by atoms with Crippen molar-refractivity contribution in [3.05, 3.63) is 34.9 Å². The third kappa shape index (κ3) is 4.11. The van der Waals surface area contributed by atoms with Crippen LogP contribution in [0.2, 0.25) is 0 Å². The monoisotopic (exact) mass is 237 g/mol. The van der Waals surface area contributed by atoms with Crippen LogP contribution in [0.15, 0.2) is 18.2 Å². The molecule has 3 heteroatoms. The molecule has 2 unspecified atom stereocenters. The van der Waals surface area contributed by atoms with E-state index in [9.17, 15) is 5.11 Å². The van der Waals surface area contributed by atoms with Crippen molar-refractivity contribution >= 4 is 0 Å². The van der Waals surface area contributed by atoms with E-state index in [1.807, 2.05) is 0 Å². The fraction of sp³-hybridized carbons (Fsp3) is 0.571. The third-order valence-electron chi connectivity index (χ3n) is 3.10. The van der Waals surface area contributed by atoms with Crippen molar-refractivity contribution < 1.29 is 9.84 Å². The molecule has 0 heterocycles. The first kappa shape index (κ1) is 14.2. The summed E-state index contributed by atoms with van der Waals surface area (Å²) in [5.74, 6) is 0. The Hall–Kier alpha value is -0.900. The molecule has 0 spiro atoms. The smallest absolute Gasteiger partial charge is 0.0638 e. The van der Waals surface area contributed by atoms with E-state index in [-0.39, 0.29) is 18.7 Å². The van der Waals surface area contributed by atoms with Crippen LogP contribution in [0.5, 0.6) is 0 Å². The summed E-state index contributed by atoms with van der Waals surface area (Å²) in [7, 11) is 1.64. The highest BCUT2D eigenvalue weighted by Crippen LogP contribution is 2.17. The summed E-state index contributed by atoms with van der Waals surface area (Å²) in [6.07, 6.45) is 0. The number of rotatable bonds is 6. The summed E-state index contributed by atoms with van der Waals surface area (Å²) >= 11 is 0. The molecule has 0 aromatic heterocycles. The first-order valence-electron chi connectivity index (χ1n) is 6.01. The van der Waals surface area contributed by atoms with Gasteiger partial charge in [-0.15, -0.1) is 0 Å². The van der Waals surface area contributed by atoms with Crippen LogP contribution in [0.25, 0.3) is 0 Å². The maximum atomic E-state index is 9.21. The first-order chi connectivity index (χ1) is 8.08. The fourth-order valence-corrected chi connectivity index (χ4v) is 1.84. The number of aliphatic hydroxyl groups excluding tert-OH is 1. The molecule has 0 radical (unpaired) electrons. The third-order valence-corrected chi connectivity index (χ3v) is 3.10. The van der Waals surface area contributed by atoms with Gasteiger partial charge in [-0.05, 0) is 37.5 Å². The van der Waals surface area contributed by atoms with E-state index in [1.54, 1.807) is 7.11 Å². The molecule has 2 atom stereocenters. The molecule has 3 nitrogen and oxygen atoms in total. The predicted octanol–water partition coefficient (Wildman–Crippen LogP) is 1.96. The molecule has 0 saturated carbocycles. The highest BCUT2D eigenvalue weighted by atomic mass is 16.5. The van der Waals surface area contributed by atoms with Crippen LogP contribution in [0.3, 0.4) is 0 Å². The maximum absolute atomic E-state index is 9.21. The molecule has 0 saturated heterocycles. The minimum atomic E-state index is -0.0170. The Morgan fingerprint density at radius 2 is 2.00 bits per heavy atom. The predicted molar refractivity (Wildman–Crippen MR) is 70.2 cm³/mol. The highest BCUT2D eigenvalue weighted by Gasteiger charge is 2.12. The molecule has 17 heavy (non-hydrogen) atoms. The molecule has 0 aliphatic rings. The van der Waals surface area contributed by atoms with Gasteiger partial charge in [0, 0.05) is 13.2 Å². The summed E-state index contributed by atoms with van der Waals surface area (Å²) in [4.78, 5) is 0. The van der Waals surface area contributed by atoms with Gasteiger partial charge in [0.25, 0.3) is 0 Å². The van der Waals surface area contributed by atoms with Gasteiger partial charge in [-0.25, -0.2) is 0 Å². The van der Waals surface area contributed by atoms with Crippen molar-refractivity contribution in [3.8, 4) is 0 Å². The molecule has 1 aromatic rings. The second-order valence-corrected chi connectivity index (χ2v) is 4.57. The SMILES string of the molecule is COCC(CO)NC(C)c1ccc(C)c(C)c1. The number of nitrogens with one attached hydrogen (secondary N) is 1. The number of ether oxygens (including phenoxy) is 1. The molecule has 1 aromatic carbocycles. The van der Waals surface area contributed by atoms with E-state index in [4.69, 9.17) is 4.74 Å². The van der Waals surface area contributed by atoms with Crippen molar-refractivity contribution in [1.82, 2.24) is 5.32 Å². The average molecular weight is 237 g/mol. The van der Waals surface area contributed by atoms with Crippen LogP contribution in [0.4, 0.5) is 0 Å². The number of aryl methyl sites for hydroxylation is 2. The van der Waals surface area contributed by atoms with Gasteiger partial charge in [0.1, 0.15) is 0 Å². The molecule has 1 rings (SSSR count). The normalized spacial score (nSPS) is 14.6. The number of benzene rings is 1. The molecule has 0 amide bonds. The lowest BCUT2D eigenvalue weighted by Gasteiger charge is -2.22. The number of hydrogen-bond donors (Lipinski definition) is 2. The standard InChI is InChI=1S/C14H23NO2/c1-10-5-6-13(7-11(10)2)12(3)15-14(8-16)9-17-4/h5-7,12,14-16H,8-9H2,1-4H3. The summed E-state index contributed by atoms with van der Waals surface area (Å²) < 4.78 is 5.05. The summed E-state index contributed by atoms with van der Waals surface area (Å²) in [6.45, 7) is 6.93. The Morgan fingerprint density at radius 1 is 1.29 bits per heavy atom. The molecule has 96 valence electrons. The summed E-state index contributed by atoms with van der Waals surface area (Å²) in [6, 6.07) is 6.64. The van der Waals surface area contributed by atoms with Crippen molar-refractivity contribution in [2.45, 2.75) is 32.9 Å². The molecule has 0 fully saturated rings. The largest absolute Gasteiger partial charge is 0.395 e. The summed E-state index contributed by atoms with van der Waals surface area (Å²) in [5.41, 5.74) is 3.84. The lowest BCUT2D eigenvalue weighted by atomic mass is 10.0. The quantitative estimate of drug-likeness (QED) is 0.794. The minimum absolute atomic E-state index is 0.0170. The zero-order chi connectivity index (χ0) is 12.8. The van der Waals surface area contributed by atoms with Crippen LogP contribution in [-0.2, 0) is 4.74 Å². The Balaban J connectivity index is 2.68. The van der Waals surface area contributed by atoms with E-state index in [0.29, 0.717) is 6.61 Å². The molecule has 0 bridgehead atoms. The van der Waals surface area contributed by atoms with Crippen molar-refractivity contribution in [1.29, 1.82) is 0 Å². The van der Waals surface area contributed by atoms with E-state index in [1.165, 1.54) is 16.7 Å². The second-order valence-electron chi connectivity index (χ2n) is 4.57. The maximum Gasteiger partial charge on any atom is 0.0638 e. The number of hydrogen-bond acceptors (Lipinski definition) is 3.